The fourth-order valence-corrected chi connectivity index (χ4v) is 1.87. The number of nitrogens with one attached hydrogen (secondary N) is 1. The molecule has 100 valence electrons. The Labute approximate surface area is 110 Å². The molecule has 0 bridgehead atoms. The molecule has 0 unspecified atom stereocenters. The first-order chi connectivity index (χ1) is 8.72. The van der Waals surface area contributed by atoms with E-state index in [9.17, 15) is 4.79 Å². The van der Waals surface area contributed by atoms with Gasteiger partial charge in [0.05, 0.1) is 0 Å². The zero-order chi connectivity index (χ0) is 13.2. The molecule has 0 radical (unpaired) electrons. The first-order valence-corrected chi connectivity index (χ1v) is 6.71. The normalized spacial score (nSPS) is 10.6. The highest BCUT2D eigenvalue weighted by Crippen LogP contribution is 2.02. The fourth-order valence-electron chi connectivity index (χ4n) is 1.87. The molecule has 1 amide bonds. The van der Waals surface area contributed by atoms with Crippen LogP contribution in [-0.4, -0.2) is 30.9 Å². The minimum absolute atomic E-state index is 0.170. The number of carbonyl (C=O) groups excluding carboxylic acids is 1. The van der Waals surface area contributed by atoms with Crippen LogP contribution in [0.4, 0.5) is 0 Å². The number of nitrogens with zero attached hydrogens (tertiary/aromatic N) is 1. The summed E-state index contributed by atoms with van der Waals surface area (Å²) in [4.78, 5) is 13.5. The lowest BCUT2D eigenvalue weighted by Gasteiger charge is -2.16. The van der Waals surface area contributed by atoms with Gasteiger partial charge in [-0.05, 0) is 32.0 Å². The minimum atomic E-state index is 0.170. The molecule has 3 heteroatoms. The maximum absolute atomic E-state index is 11.3. The Kier molecular flexibility index (Phi) is 7.11. The lowest BCUT2D eigenvalue weighted by atomic mass is 10.2. The van der Waals surface area contributed by atoms with E-state index in [4.69, 9.17) is 0 Å². The summed E-state index contributed by atoms with van der Waals surface area (Å²) in [6.45, 7) is 4.76. The van der Waals surface area contributed by atoms with Crippen LogP contribution in [0.1, 0.15) is 31.7 Å². The molecule has 1 rings (SSSR count). The number of hydrogen-bond donors (Lipinski definition) is 1. The highest BCUT2D eigenvalue weighted by atomic mass is 16.1. The van der Waals surface area contributed by atoms with Gasteiger partial charge in [0.25, 0.3) is 0 Å². The summed E-state index contributed by atoms with van der Waals surface area (Å²) in [7, 11) is 2.11. The van der Waals surface area contributed by atoms with E-state index >= 15 is 0 Å². The van der Waals surface area contributed by atoms with Crippen molar-refractivity contribution >= 4 is 5.91 Å². The molecular formula is C15H24N2O. The average Bonchev–Trinajstić information content (AvgIpc) is 2.36. The number of amides is 1. The Morgan fingerprint density at radius 2 is 2.00 bits per heavy atom. The minimum Gasteiger partial charge on any atom is -0.356 e. The van der Waals surface area contributed by atoms with Crippen molar-refractivity contribution in [3.05, 3.63) is 35.9 Å². The molecule has 1 aromatic rings. The van der Waals surface area contributed by atoms with Crippen molar-refractivity contribution in [2.24, 2.45) is 0 Å². The molecule has 0 aromatic heterocycles. The Morgan fingerprint density at radius 1 is 1.28 bits per heavy atom. The summed E-state index contributed by atoms with van der Waals surface area (Å²) in [5.74, 6) is 0.170. The predicted octanol–water partition coefficient (Wildman–Crippen LogP) is 2.42. The lowest BCUT2D eigenvalue weighted by Crippen LogP contribution is -2.27. The van der Waals surface area contributed by atoms with E-state index in [0.717, 1.165) is 32.5 Å². The molecule has 0 aliphatic carbocycles. The average molecular weight is 248 g/mol. The van der Waals surface area contributed by atoms with Gasteiger partial charge in [0.1, 0.15) is 0 Å². The third-order valence-electron chi connectivity index (χ3n) is 2.81. The van der Waals surface area contributed by atoms with Crippen LogP contribution in [0.2, 0.25) is 0 Å². The predicted molar refractivity (Wildman–Crippen MR) is 75.3 cm³/mol. The van der Waals surface area contributed by atoms with E-state index in [2.05, 4.69) is 41.5 Å². The molecule has 0 fully saturated rings. The molecule has 0 atom stereocenters. The van der Waals surface area contributed by atoms with Gasteiger partial charge >= 0.3 is 0 Å². The second-order valence-electron chi connectivity index (χ2n) is 4.68. The van der Waals surface area contributed by atoms with E-state index in [1.807, 2.05) is 13.0 Å². The molecule has 1 N–H and O–H groups in total. The van der Waals surface area contributed by atoms with Gasteiger partial charge in [0.15, 0.2) is 0 Å². The quantitative estimate of drug-likeness (QED) is 0.717. The monoisotopic (exact) mass is 248 g/mol. The van der Waals surface area contributed by atoms with E-state index in [-0.39, 0.29) is 5.91 Å². The van der Waals surface area contributed by atoms with Crippen molar-refractivity contribution in [2.75, 3.05) is 20.1 Å². The summed E-state index contributed by atoms with van der Waals surface area (Å²) >= 11 is 0. The zero-order valence-electron chi connectivity index (χ0n) is 11.5. The van der Waals surface area contributed by atoms with Crippen molar-refractivity contribution in [1.82, 2.24) is 10.2 Å². The number of hydrogen-bond acceptors (Lipinski definition) is 2. The van der Waals surface area contributed by atoms with Crippen molar-refractivity contribution in [3.63, 3.8) is 0 Å². The van der Waals surface area contributed by atoms with Gasteiger partial charge in [-0.15, -0.1) is 0 Å². The van der Waals surface area contributed by atoms with Crippen LogP contribution in [0.25, 0.3) is 0 Å². The Morgan fingerprint density at radius 3 is 2.67 bits per heavy atom. The van der Waals surface area contributed by atoms with Crippen molar-refractivity contribution in [1.29, 1.82) is 0 Å². The van der Waals surface area contributed by atoms with Crippen LogP contribution in [0.5, 0.6) is 0 Å². The maximum atomic E-state index is 11.3. The molecule has 18 heavy (non-hydrogen) atoms. The molecular weight excluding hydrogens is 224 g/mol. The third-order valence-corrected chi connectivity index (χ3v) is 2.81. The zero-order valence-corrected chi connectivity index (χ0v) is 11.5. The van der Waals surface area contributed by atoms with Gasteiger partial charge in [0, 0.05) is 19.5 Å². The Bertz CT molecular complexity index is 338. The van der Waals surface area contributed by atoms with Gasteiger partial charge in [0.2, 0.25) is 5.91 Å². The number of benzene rings is 1. The summed E-state index contributed by atoms with van der Waals surface area (Å²) in [5.41, 5.74) is 1.33. The van der Waals surface area contributed by atoms with E-state index in [1.165, 1.54) is 5.56 Å². The largest absolute Gasteiger partial charge is 0.356 e. The molecule has 3 nitrogen and oxygen atoms in total. The standard InChI is InChI=1S/C15H24N2O/c1-3-8-15(18)16-11-7-12-17(2)13-14-9-5-4-6-10-14/h4-6,9-10H,3,7-8,11-13H2,1-2H3,(H,16,18). The molecule has 0 saturated heterocycles. The van der Waals surface area contributed by atoms with E-state index < -0.39 is 0 Å². The summed E-state index contributed by atoms with van der Waals surface area (Å²) in [6, 6.07) is 10.4. The first-order valence-electron chi connectivity index (χ1n) is 6.71. The van der Waals surface area contributed by atoms with Gasteiger partial charge < -0.3 is 10.2 Å². The van der Waals surface area contributed by atoms with Gasteiger partial charge in [-0.2, -0.15) is 0 Å². The first kappa shape index (κ1) is 14.7. The summed E-state index contributed by atoms with van der Waals surface area (Å²) in [5, 5.41) is 2.94. The van der Waals surface area contributed by atoms with Crippen LogP contribution >= 0.6 is 0 Å². The SMILES string of the molecule is CCCC(=O)NCCCN(C)Cc1ccccc1. The maximum Gasteiger partial charge on any atom is 0.219 e. The highest BCUT2D eigenvalue weighted by molar-refractivity contribution is 5.75. The number of rotatable bonds is 8. The smallest absolute Gasteiger partial charge is 0.219 e. The van der Waals surface area contributed by atoms with Crippen LogP contribution in [0.3, 0.4) is 0 Å². The molecule has 0 aliphatic rings. The van der Waals surface area contributed by atoms with Gasteiger partial charge in [-0.3, -0.25) is 4.79 Å². The van der Waals surface area contributed by atoms with E-state index in [1.54, 1.807) is 0 Å². The highest BCUT2D eigenvalue weighted by Gasteiger charge is 2.01. The summed E-state index contributed by atoms with van der Waals surface area (Å²) in [6.07, 6.45) is 2.55. The van der Waals surface area contributed by atoms with Crippen LogP contribution in [0, 0.1) is 0 Å². The van der Waals surface area contributed by atoms with Gasteiger partial charge in [-0.1, -0.05) is 37.3 Å². The van der Waals surface area contributed by atoms with Crippen LogP contribution in [-0.2, 0) is 11.3 Å². The fraction of sp³-hybridized carbons (Fsp3) is 0.533. The molecule has 0 spiro atoms. The second kappa shape index (κ2) is 8.70. The lowest BCUT2D eigenvalue weighted by molar-refractivity contribution is -0.121. The number of carbonyl (C=O) groups is 1. The second-order valence-corrected chi connectivity index (χ2v) is 4.68. The van der Waals surface area contributed by atoms with Crippen molar-refractivity contribution in [2.45, 2.75) is 32.7 Å². The van der Waals surface area contributed by atoms with Crippen LogP contribution in [0.15, 0.2) is 30.3 Å². The molecule has 1 aromatic carbocycles. The van der Waals surface area contributed by atoms with Crippen molar-refractivity contribution < 1.29 is 4.79 Å². The molecule has 0 heterocycles. The Hall–Kier alpha value is -1.35. The molecule has 0 aliphatic heterocycles. The summed E-state index contributed by atoms with van der Waals surface area (Å²) < 4.78 is 0. The third kappa shape index (κ3) is 6.40. The molecule has 0 saturated carbocycles. The Balaban J connectivity index is 2.10. The topological polar surface area (TPSA) is 32.3 Å². The van der Waals surface area contributed by atoms with Gasteiger partial charge in [-0.25, -0.2) is 0 Å². The van der Waals surface area contributed by atoms with Crippen molar-refractivity contribution in [3.8, 4) is 0 Å². The van der Waals surface area contributed by atoms with Crippen LogP contribution < -0.4 is 5.32 Å². The van der Waals surface area contributed by atoms with E-state index in [0.29, 0.717) is 6.42 Å².